The first-order chi connectivity index (χ1) is 3.72. The van der Waals surface area contributed by atoms with Gasteiger partial charge in [-0.2, -0.15) is 0 Å². The van der Waals surface area contributed by atoms with Gasteiger partial charge >= 0.3 is 0 Å². The molecule has 2 atom stereocenters. The van der Waals surface area contributed by atoms with Crippen molar-refractivity contribution in [2.75, 3.05) is 0 Å². The highest BCUT2D eigenvalue weighted by Gasteiger charge is 2.09. The van der Waals surface area contributed by atoms with Gasteiger partial charge in [0.1, 0.15) is 6.29 Å². The van der Waals surface area contributed by atoms with Crippen LogP contribution in [0, 0.1) is 0 Å². The molecule has 0 aliphatic carbocycles. The van der Waals surface area contributed by atoms with E-state index in [1.165, 1.54) is 6.92 Å². The minimum atomic E-state index is -0.676. The number of hydrogen-bond acceptors (Lipinski definition) is 4. The largest absolute Gasteiger partial charge is 0.391 e. The van der Waals surface area contributed by atoms with Crippen LogP contribution in [0.1, 0.15) is 6.92 Å². The van der Waals surface area contributed by atoms with E-state index >= 15 is 0 Å². The zero-order chi connectivity index (χ0) is 6.57. The summed E-state index contributed by atoms with van der Waals surface area (Å²) in [6.07, 6.45) is -0.0671. The summed E-state index contributed by atoms with van der Waals surface area (Å²) < 4.78 is 2.33. The number of nitrogens with one attached hydrogen (secondary N) is 1. The summed E-state index contributed by atoms with van der Waals surface area (Å²) in [5.41, 5.74) is 0. The number of hydrogen-bond donors (Lipinski definition) is 3. The van der Waals surface area contributed by atoms with Crippen LogP contribution in [0.25, 0.3) is 0 Å². The van der Waals surface area contributed by atoms with E-state index in [0.717, 1.165) is 0 Å². The Kier molecular flexibility index (Phi) is 3.85. The van der Waals surface area contributed by atoms with Crippen molar-refractivity contribution in [2.45, 2.75) is 19.1 Å². The third kappa shape index (κ3) is 2.30. The standard InChI is InChI=1S/C4H9NO2S/c1-3(7)4(2-6)5-8/h2-5,7-8H,1H3/t3-,4-/m1/s1. The molecule has 0 unspecified atom stereocenters. The average molecular weight is 135 g/mol. The lowest BCUT2D eigenvalue weighted by atomic mass is 10.2. The summed E-state index contributed by atoms with van der Waals surface area (Å²) >= 11 is 3.59. The van der Waals surface area contributed by atoms with Crippen molar-refractivity contribution < 1.29 is 9.90 Å². The van der Waals surface area contributed by atoms with Gasteiger partial charge < -0.3 is 9.90 Å². The molecule has 2 N–H and O–H groups in total. The summed E-state index contributed by atoms with van der Waals surface area (Å²) in [6, 6.07) is -0.557. The maximum absolute atomic E-state index is 9.91. The van der Waals surface area contributed by atoms with Crippen molar-refractivity contribution in [2.24, 2.45) is 0 Å². The highest BCUT2D eigenvalue weighted by atomic mass is 32.1. The molecular formula is C4H9NO2S. The molecular weight excluding hydrogens is 126 g/mol. The lowest BCUT2D eigenvalue weighted by Crippen LogP contribution is -2.33. The quantitative estimate of drug-likeness (QED) is 0.357. The maximum Gasteiger partial charge on any atom is 0.140 e. The van der Waals surface area contributed by atoms with Gasteiger partial charge in [0.05, 0.1) is 12.1 Å². The molecule has 0 fully saturated rings. The molecule has 3 nitrogen and oxygen atoms in total. The summed E-state index contributed by atoms with van der Waals surface area (Å²) in [6.45, 7) is 1.52. The van der Waals surface area contributed by atoms with Crippen LogP contribution < -0.4 is 4.72 Å². The van der Waals surface area contributed by atoms with E-state index in [9.17, 15) is 4.79 Å². The van der Waals surface area contributed by atoms with Crippen LogP contribution in [0.15, 0.2) is 0 Å². The Morgan fingerprint density at radius 3 is 2.38 bits per heavy atom. The van der Waals surface area contributed by atoms with Crippen molar-refractivity contribution in [1.29, 1.82) is 0 Å². The van der Waals surface area contributed by atoms with Gasteiger partial charge in [0, 0.05) is 0 Å². The lowest BCUT2D eigenvalue weighted by Gasteiger charge is -2.09. The van der Waals surface area contributed by atoms with Crippen molar-refractivity contribution in [3.8, 4) is 0 Å². The maximum atomic E-state index is 9.91. The molecule has 0 aromatic heterocycles. The van der Waals surface area contributed by atoms with Crippen LogP contribution in [0.2, 0.25) is 0 Å². The number of thiol groups is 1. The monoisotopic (exact) mass is 135 g/mol. The molecule has 0 spiro atoms. The van der Waals surface area contributed by atoms with Gasteiger partial charge in [0.15, 0.2) is 0 Å². The molecule has 0 bridgehead atoms. The highest BCUT2D eigenvalue weighted by molar-refractivity contribution is 7.78. The molecule has 0 heterocycles. The predicted octanol–water partition coefficient (Wildman–Crippen LogP) is -0.631. The topological polar surface area (TPSA) is 49.3 Å². The number of carbonyl (C=O) groups is 1. The van der Waals surface area contributed by atoms with Crippen molar-refractivity contribution in [3.63, 3.8) is 0 Å². The first-order valence-electron chi connectivity index (χ1n) is 2.25. The summed E-state index contributed by atoms with van der Waals surface area (Å²) in [5, 5.41) is 8.67. The van der Waals surface area contributed by atoms with Crippen LogP contribution >= 0.6 is 12.8 Å². The summed E-state index contributed by atoms with van der Waals surface area (Å²) in [5.74, 6) is 0. The zero-order valence-corrected chi connectivity index (χ0v) is 5.43. The fourth-order valence-corrected chi connectivity index (χ4v) is 0.529. The third-order valence-electron chi connectivity index (χ3n) is 0.815. The number of carbonyl (C=O) groups excluding carboxylic acids is 1. The number of aliphatic hydroxyl groups excluding tert-OH is 1. The fourth-order valence-electron chi connectivity index (χ4n) is 0.252. The van der Waals surface area contributed by atoms with Crippen LogP contribution in [0.5, 0.6) is 0 Å². The van der Waals surface area contributed by atoms with Gasteiger partial charge in [0.2, 0.25) is 0 Å². The molecule has 0 amide bonds. The van der Waals surface area contributed by atoms with Crippen LogP contribution in [0.3, 0.4) is 0 Å². The van der Waals surface area contributed by atoms with E-state index in [1.807, 2.05) is 0 Å². The first-order valence-corrected chi connectivity index (χ1v) is 2.70. The SMILES string of the molecule is C[C@@H](O)[C@@H](C=O)NS. The number of aliphatic hydroxyl groups is 1. The van der Waals surface area contributed by atoms with E-state index in [1.54, 1.807) is 0 Å². The predicted molar refractivity (Wildman–Crippen MR) is 33.7 cm³/mol. The van der Waals surface area contributed by atoms with Crippen molar-refractivity contribution in [1.82, 2.24) is 4.72 Å². The molecule has 0 aliphatic rings. The molecule has 0 aliphatic heterocycles. The van der Waals surface area contributed by atoms with Gasteiger partial charge in [-0.05, 0) is 6.92 Å². The second-order valence-corrected chi connectivity index (χ2v) is 1.79. The molecule has 0 aromatic carbocycles. The van der Waals surface area contributed by atoms with E-state index in [2.05, 4.69) is 17.5 Å². The Labute approximate surface area is 53.6 Å². The Morgan fingerprint density at radius 1 is 1.88 bits per heavy atom. The zero-order valence-electron chi connectivity index (χ0n) is 4.53. The van der Waals surface area contributed by atoms with Crippen LogP contribution in [0.4, 0.5) is 0 Å². The van der Waals surface area contributed by atoms with E-state index in [4.69, 9.17) is 5.11 Å². The van der Waals surface area contributed by atoms with E-state index < -0.39 is 12.1 Å². The fraction of sp³-hybridized carbons (Fsp3) is 0.750. The Bertz CT molecular complexity index is 76.4. The van der Waals surface area contributed by atoms with Crippen LogP contribution in [-0.4, -0.2) is 23.5 Å². The second kappa shape index (κ2) is 3.88. The van der Waals surface area contributed by atoms with Crippen LogP contribution in [-0.2, 0) is 4.79 Å². The van der Waals surface area contributed by atoms with Gasteiger partial charge in [-0.15, -0.1) is 0 Å². The highest BCUT2D eigenvalue weighted by Crippen LogP contribution is 1.87. The lowest BCUT2D eigenvalue weighted by molar-refractivity contribution is -0.111. The van der Waals surface area contributed by atoms with E-state index in [0.29, 0.717) is 6.29 Å². The smallest absolute Gasteiger partial charge is 0.140 e. The summed E-state index contributed by atoms with van der Waals surface area (Å²) in [7, 11) is 0. The molecule has 4 heteroatoms. The first kappa shape index (κ1) is 7.94. The molecule has 0 saturated carbocycles. The molecule has 0 radical (unpaired) electrons. The second-order valence-electron chi connectivity index (χ2n) is 1.53. The van der Waals surface area contributed by atoms with Crippen molar-refractivity contribution in [3.05, 3.63) is 0 Å². The molecule has 0 aromatic rings. The molecule has 0 saturated heterocycles. The minimum absolute atomic E-state index is 0.557. The Balaban J connectivity index is 3.51. The third-order valence-corrected chi connectivity index (χ3v) is 1.11. The van der Waals surface area contributed by atoms with E-state index in [-0.39, 0.29) is 0 Å². The van der Waals surface area contributed by atoms with Gasteiger partial charge in [-0.1, -0.05) is 12.8 Å². The number of aldehydes is 1. The normalized spacial score (nSPS) is 17.4. The average Bonchev–Trinajstić information content (AvgIpc) is 1.69. The van der Waals surface area contributed by atoms with Gasteiger partial charge in [-0.3, -0.25) is 4.72 Å². The molecule has 8 heavy (non-hydrogen) atoms. The summed E-state index contributed by atoms with van der Waals surface area (Å²) in [4.78, 5) is 9.91. The van der Waals surface area contributed by atoms with Crippen molar-refractivity contribution >= 4 is 19.1 Å². The minimum Gasteiger partial charge on any atom is -0.391 e. The Hall–Kier alpha value is -0.0600. The molecule has 0 rings (SSSR count). The number of rotatable bonds is 3. The molecule has 48 valence electrons. The Morgan fingerprint density at radius 2 is 2.38 bits per heavy atom. The van der Waals surface area contributed by atoms with Gasteiger partial charge in [0.25, 0.3) is 0 Å². The van der Waals surface area contributed by atoms with Gasteiger partial charge in [-0.25, -0.2) is 0 Å².